The summed E-state index contributed by atoms with van der Waals surface area (Å²) in [5.41, 5.74) is 2.51. The fraction of sp³-hybridized carbons (Fsp3) is 0.556. The molecule has 4 N–H and O–H groups in total. The molecule has 7 heteroatoms. The van der Waals surface area contributed by atoms with Crippen LogP contribution in [0.25, 0.3) is 0 Å². The van der Waals surface area contributed by atoms with Crippen molar-refractivity contribution in [2.45, 2.75) is 18.2 Å². The van der Waals surface area contributed by atoms with Gasteiger partial charge < -0.3 is 15.5 Å². The minimum atomic E-state index is 0.127. The maximum Gasteiger partial charge on any atom is 0.191 e. The number of hydrogen-bond acceptors (Lipinski definition) is 7. The highest BCUT2D eigenvalue weighted by Crippen LogP contribution is 2.16. The first-order valence-electron chi connectivity index (χ1n) is 4.86. The number of hydrogen-bond donors (Lipinski definition) is 3. The number of hydrazine groups is 1. The summed E-state index contributed by atoms with van der Waals surface area (Å²) in [5, 5.41) is 3.83. The van der Waals surface area contributed by atoms with E-state index in [-0.39, 0.29) is 6.10 Å². The van der Waals surface area contributed by atoms with Crippen molar-refractivity contribution in [2.24, 2.45) is 5.84 Å². The molecule has 0 saturated carbocycles. The average molecular weight is 243 g/mol. The predicted octanol–water partition coefficient (Wildman–Crippen LogP) is 0.931. The highest BCUT2D eigenvalue weighted by Gasteiger charge is 2.04. The maximum atomic E-state index is 5.32. The predicted molar refractivity (Wildman–Crippen MR) is 66.6 cm³/mol. The van der Waals surface area contributed by atoms with Gasteiger partial charge in [-0.2, -0.15) is 0 Å². The molecule has 0 fully saturated rings. The van der Waals surface area contributed by atoms with Gasteiger partial charge in [0.25, 0.3) is 0 Å². The van der Waals surface area contributed by atoms with Crippen molar-refractivity contribution in [1.29, 1.82) is 0 Å². The summed E-state index contributed by atoms with van der Waals surface area (Å²) in [5.74, 6) is 6.64. The van der Waals surface area contributed by atoms with Crippen molar-refractivity contribution in [3.63, 3.8) is 0 Å². The van der Waals surface area contributed by atoms with Gasteiger partial charge in [0.2, 0.25) is 0 Å². The van der Waals surface area contributed by atoms with Crippen molar-refractivity contribution in [3.8, 4) is 0 Å². The van der Waals surface area contributed by atoms with Crippen LogP contribution in [0.5, 0.6) is 0 Å². The van der Waals surface area contributed by atoms with Crippen LogP contribution in [0, 0.1) is 0 Å². The van der Waals surface area contributed by atoms with E-state index in [9.17, 15) is 0 Å². The molecule has 0 aliphatic heterocycles. The van der Waals surface area contributed by atoms with Gasteiger partial charge >= 0.3 is 0 Å². The lowest BCUT2D eigenvalue weighted by Crippen LogP contribution is -2.19. The van der Waals surface area contributed by atoms with Gasteiger partial charge in [0, 0.05) is 19.7 Å². The quantitative estimate of drug-likeness (QED) is 0.296. The Labute approximate surface area is 99.3 Å². The molecule has 0 spiro atoms. The second-order valence-corrected chi connectivity index (χ2v) is 3.97. The van der Waals surface area contributed by atoms with Crippen LogP contribution >= 0.6 is 11.8 Å². The van der Waals surface area contributed by atoms with Gasteiger partial charge in [0.1, 0.15) is 11.6 Å². The van der Waals surface area contributed by atoms with Crippen LogP contribution in [-0.2, 0) is 4.74 Å². The van der Waals surface area contributed by atoms with Crippen molar-refractivity contribution in [3.05, 3.63) is 6.07 Å². The van der Waals surface area contributed by atoms with E-state index in [1.165, 1.54) is 11.8 Å². The fourth-order valence-electron chi connectivity index (χ4n) is 1.01. The largest absolute Gasteiger partial charge is 0.380 e. The summed E-state index contributed by atoms with van der Waals surface area (Å²) in [6, 6.07) is 1.75. The third-order valence-electron chi connectivity index (χ3n) is 2.01. The zero-order valence-corrected chi connectivity index (χ0v) is 10.5. The van der Waals surface area contributed by atoms with Crippen LogP contribution in [0.3, 0.4) is 0 Å². The molecule has 1 atom stereocenters. The molecule has 0 aromatic carbocycles. The van der Waals surface area contributed by atoms with Crippen LogP contribution in [0.1, 0.15) is 6.92 Å². The molecule has 0 radical (unpaired) electrons. The molecule has 0 saturated heterocycles. The minimum Gasteiger partial charge on any atom is -0.380 e. The zero-order chi connectivity index (χ0) is 12.0. The molecule has 90 valence electrons. The van der Waals surface area contributed by atoms with E-state index in [4.69, 9.17) is 10.6 Å². The van der Waals surface area contributed by atoms with Crippen molar-refractivity contribution in [2.75, 3.05) is 30.7 Å². The van der Waals surface area contributed by atoms with Gasteiger partial charge in [0.15, 0.2) is 5.16 Å². The number of thioether (sulfide) groups is 1. The van der Waals surface area contributed by atoms with Crippen molar-refractivity contribution >= 4 is 23.4 Å². The third-order valence-corrected chi connectivity index (χ3v) is 2.56. The Balaban J connectivity index is 2.71. The number of nitrogens with two attached hydrogens (primary N) is 1. The number of rotatable bonds is 6. The highest BCUT2D eigenvalue weighted by molar-refractivity contribution is 7.98. The number of nitrogens with zero attached hydrogens (tertiary/aromatic N) is 2. The van der Waals surface area contributed by atoms with Gasteiger partial charge in [-0.05, 0) is 13.2 Å². The molecule has 1 rings (SSSR count). The number of nitrogens with one attached hydrogen (secondary N) is 2. The van der Waals surface area contributed by atoms with Crippen LogP contribution in [-0.4, -0.2) is 36.0 Å². The molecule has 1 aromatic heterocycles. The molecule has 0 aliphatic rings. The molecule has 0 amide bonds. The van der Waals surface area contributed by atoms with Crippen molar-refractivity contribution < 1.29 is 4.74 Å². The lowest BCUT2D eigenvalue weighted by atomic mass is 10.4. The molecule has 0 aliphatic carbocycles. The zero-order valence-electron chi connectivity index (χ0n) is 9.65. The molecule has 16 heavy (non-hydrogen) atoms. The third kappa shape index (κ3) is 3.84. The number of methoxy groups -OCH3 is 1. The monoisotopic (exact) mass is 243 g/mol. The van der Waals surface area contributed by atoms with Gasteiger partial charge in [-0.15, -0.1) is 0 Å². The molecule has 1 unspecified atom stereocenters. The smallest absolute Gasteiger partial charge is 0.191 e. The summed E-state index contributed by atoms with van der Waals surface area (Å²) in [6.45, 7) is 2.66. The Kier molecular flexibility index (Phi) is 5.30. The standard InChI is InChI=1S/C9H17N5OS/c1-6(15-2)5-11-7-4-8(14-10)13-9(12-7)16-3/h4,6H,5,10H2,1-3H3,(H2,11,12,13,14). The Morgan fingerprint density at radius 1 is 1.50 bits per heavy atom. The molecule has 1 aromatic rings. The topological polar surface area (TPSA) is 85.1 Å². The molecule has 0 bridgehead atoms. The molecule has 1 heterocycles. The van der Waals surface area contributed by atoms with E-state index in [0.29, 0.717) is 17.5 Å². The summed E-state index contributed by atoms with van der Waals surface area (Å²) in [6.07, 6.45) is 2.04. The summed E-state index contributed by atoms with van der Waals surface area (Å²) < 4.78 is 5.13. The van der Waals surface area contributed by atoms with Crippen LogP contribution < -0.4 is 16.6 Å². The Hall–Kier alpha value is -1.05. The SMILES string of the molecule is COC(C)CNc1cc(NN)nc(SC)n1. The molecule has 6 nitrogen and oxygen atoms in total. The fourth-order valence-corrected chi connectivity index (χ4v) is 1.39. The maximum absolute atomic E-state index is 5.32. The number of anilines is 2. The average Bonchev–Trinajstić information content (AvgIpc) is 2.35. The summed E-state index contributed by atoms with van der Waals surface area (Å²) in [4.78, 5) is 8.46. The number of ether oxygens (including phenoxy) is 1. The Morgan fingerprint density at radius 3 is 2.75 bits per heavy atom. The van der Waals surface area contributed by atoms with E-state index >= 15 is 0 Å². The second-order valence-electron chi connectivity index (χ2n) is 3.20. The van der Waals surface area contributed by atoms with Gasteiger partial charge in [-0.1, -0.05) is 11.8 Å². The van der Waals surface area contributed by atoms with Gasteiger partial charge in [-0.25, -0.2) is 15.8 Å². The first-order valence-corrected chi connectivity index (χ1v) is 6.08. The Bertz CT molecular complexity index is 313. The molecular formula is C9H17N5OS. The van der Waals surface area contributed by atoms with E-state index < -0.39 is 0 Å². The first kappa shape index (κ1) is 13.0. The summed E-state index contributed by atoms with van der Waals surface area (Å²) >= 11 is 1.46. The lowest BCUT2D eigenvalue weighted by Gasteiger charge is -2.12. The normalized spacial score (nSPS) is 12.2. The van der Waals surface area contributed by atoms with Crippen LogP contribution in [0.4, 0.5) is 11.6 Å². The lowest BCUT2D eigenvalue weighted by molar-refractivity contribution is 0.128. The number of nitrogen functional groups attached to an aromatic ring is 1. The second kappa shape index (κ2) is 6.51. The first-order chi connectivity index (χ1) is 7.69. The van der Waals surface area contributed by atoms with Gasteiger partial charge in [0.05, 0.1) is 6.10 Å². The number of aromatic nitrogens is 2. The van der Waals surface area contributed by atoms with Gasteiger partial charge in [-0.3, -0.25) is 0 Å². The summed E-state index contributed by atoms with van der Waals surface area (Å²) in [7, 11) is 1.67. The van der Waals surface area contributed by atoms with Crippen LogP contribution in [0.15, 0.2) is 11.2 Å². The Morgan fingerprint density at radius 2 is 2.19 bits per heavy atom. The van der Waals surface area contributed by atoms with E-state index in [1.807, 2.05) is 13.2 Å². The minimum absolute atomic E-state index is 0.127. The van der Waals surface area contributed by atoms with E-state index in [0.717, 1.165) is 5.82 Å². The van der Waals surface area contributed by atoms with Crippen molar-refractivity contribution in [1.82, 2.24) is 9.97 Å². The van der Waals surface area contributed by atoms with E-state index in [2.05, 4.69) is 20.7 Å². The molecular weight excluding hydrogens is 226 g/mol. The highest BCUT2D eigenvalue weighted by atomic mass is 32.2. The van der Waals surface area contributed by atoms with E-state index in [1.54, 1.807) is 13.2 Å². The van der Waals surface area contributed by atoms with Crippen LogP contribution in [0.2, 0.25) is 0 Å².